The molecule has 7 nitrogen and oxygen atoms in total. The Morgan fingerprint density at radius 2 is 1.45 bits per heavy atom. The zero-order chi connectivity index (χ0) is 22.1. The monoisotopic (exact) mass is 417 g/mol. The third kappa shape index (κ3) is 6.17. The van der Waals surface area contributed by atoms with Gasteiger partial charge in [0.1, 0.15) is 5.75 Å². The molecular formula is C24H23N3O4. The number of primary amides is 1. The van der Waals surface area contributed by atoms with Gasteiger partial charge in [0.15, 0.2) is 6.61 Å². The van der Waals surface area contributed by atoms with Gasteiger partial charge in [-0.15, -0.1) is 0 Å². The molecule has 0 aliphatic rings. The van der Waals surface area contributed by atoms with Crippen molar-refractivity contribution >= 4 is 23.4 Å². The van der Waals surface area contributed by atoms with Crippen molar-refractivity contribution in [3.8, 4) is 5.75 Å². The zero-order valence-corrected chi connectivity index (χ0v) is 16.8. The number of ether oxygens (including phenoxy) is 1. The fraction of sp³-hybridized carbons (Fsp3) is 0.125. The number of rotatable bonds is 9. The molecule has 0 bridgehead atoms. The number of nitrogens with two attached hydrogens (primary N) is 1. The zero-order valence-electron chi connectivity index (χ0n) is 16.8. The second kappa shape index (κ2) is 10.6. The Balaban J connectivity index is 1.57. The van der Waals surface area contributed by atoms with Gasteiger partial charge in [0.05, 0.1) is 16.8 Å². The third-order valence-electron chi connectivity index (χ3n) is 4.50. The lowest BCUT2D eigenvalue weighted by molar-refractivity contribution is -0.118. The van der Waals surface area contributed by atoms with Crippen LogP contribution in [0, 0.1) is 0 Å². The van der Waals surface area contributed by atoms with Crippen LogP contribution < -0.4 is 21.1 Å². The van der Waals surface area contributed by atoms with Gasteiger partial charge in [-0.1, -0.05) is 54.6 Å². The minimum absolute atomic E-state index is 0.188. The minimum atomic E-state index is -0.645. The van der Waals surface area contributed by atoms with E-state index in [0.717, 1.165) is 5.56 Å². The van der Waals surface area contributed by atoms with E-state index in [1.165, 1.54) is 6.07 Å². The van der Waals surface area contributed by atoms with Gasteiger partial charge in [-0.25, -0.2) is 0 Å². The highest BCUT2D eigenvalue weighted by Crippen LogP contribution is 2.18. The Hall–Kier alpha value is -4.13. The van der Waals surface area contributed by atoms with E-state index in [9.17, 15) is 14.4 Å². The van der Waals surface area contributed by atoms with Crippen LogP contribution in [-0.4, -0.2) is 30.9 Å². The quantitative estimate of drug-likeness (QED) is 0.497. The van der Waals surface area contributed by atoms with Crippen molar-refractivity contribution in [3.05, 3.63) is 95.6 Å². The van der Waals surface area contributed by atoms with E-state index in [1.807, 2.05) is 30.3 Å². The molecule has 3 amide bonds. The lowest BCUT2D eigenvalue weighted by Crippen LogP contribution is -2.28. The molecule has 0 saturated carbocycles. The van der Waals surface area contributed by atoms with Crippen LogP contribution in [0.25, 0.3) is 0 Å². The van der Waals surface area contributed by atoms with Crippen LogP contribution in [0.3, 0.4) is 0 Å². The summed E-state index contributed by atoms with van der Waals surface area (Å²) in [7, 11) is 0. The summed E-state index contributed by atoms with van der Waals surface area (Å²) in [6.07, 6.45) is 0.703. The topological polar surface area (TPSA) is 111 Å². The fourth-order valence-corrected chi connectivity index (χ4v) is 2.98. The first-order chi connectivity index (χ1) is 15.0. The Morgan fingerprint density at radius 1 is 0.806 bits per heavy atom. The van der Waals surface area contributed by atoms with Gasteiger partial charge in [0.2, 0.25) is 0 Å². The molecule has 3 aromatic carbocycles. The number of anilines is 1. The molecule has 158 valence electrons. The van der Waals surface area contributed by atoms with Crippen molar-refractivity contribution < 1.29 is 19.1 Å². The average Bonchev–Trinajstić information content (AvgIpc) is 2.79. The maximum atomic E-state index is 12.6. The predicted octanol–water partition coefficient (Wildman–Crippen LogP) is 2.78. The molecule has 0 saturated heterocycles. The summed E-state index contributed by atoms with van der Waals surface area (Å²) in [6.45, 7) is 0.131. The van der Waals surface area contributed by atoms with E-state index in [1.54, 1.807) is 42.5 Å². The molecule has 0 atom stereocenters. The summed E-state index contributed by atoms with van der Waals surface area (Å²) in [6, 6.07) is 23.0. The van der Waals surface area contributed by atoms with Gasteiger partial charge in [-0.2, -0.15) is 0 Å². The molecule has 3 rings (SSSR count). The average molecular weight is 417 g/mol. The van der Waals surface area contributed by atoms with Crippen LogP contribution in [0.15, 0.2) is 78.9 Å². The van der Waals surface area contributed by atoms with E-state index in [-0.39, 0.29) is 23.8 Å². The number of hydrogen-bond donors (Lipinski definition) is 3. The standard InChI is InChI=1S/C24H23N3O4/c25-23(29)19-11-5-7-13-21(19)31-16-22(28)27-20-12-6-4-10-18(20)24(30)26-15-14-17-8-2-1-3-9-17/h1-13H,14-16H2,(H2,25,29)(H,26,30)(H,27,28). The van der Waals surface area contributed by atoms with Gasteiger partial charge >= 0.3 is 0 Å². The van der Waals surface area contributed by atoms with Crippen molar-refractivity contribution in [2.75, 3.05) is 18.5 Å². The van der Waals surface area contributed by atoms with E-state index < -0.39 is 11.8 Å². The fourth-order valence-electron chi connectivity index (χ4n) is 2.98. The number of carbonyl (C=O) groups excluding carboxylic acids is 3. The maximum Gasteiger partial charge on any atom is 0.262 e. The Morgan fingerprint density at radius 3 is 2.19 bits per heavy atom. The van der Waals surface area contributed by atoms with Crippen LogP contribution in [0.5, 0.6) is 5.75 Å². The van der Waals surface area contributed by atoms with Crippen LogP contribution in [0.4, 0.5) is 5.69 Å². The molecule has 0 aromatic heterocycles. The first kappa shape index (κ1) is 21.6. The molecule has 31 heavy (non-hydrogen) atoms. The second-order valence-electron chi connectivity index (χ2n) is 6.73. The van der Waals surface area contributed by atoms with E-state index >= 15 is 0 Å². The Labute approximate surface area is 180 Å². The number of nitrogens with one attached hydrogen (secondary N) is 2. The summed E-state index contributed by atoms with van der Waals surface area (Å²) in [5.41, 5.74) is 7.34. The highest BCUT2D eigenvalue weighted by atomic mass is 16.5. The summed E-state index contributed by atoms with van der Waals surface area (Å²) < 4.78 is 5.43. The Kier molecular flexibility index (Phi) is 7.37. The second-order valence-corrected chi connectivity index (χ2v) is 6.73. The van der Waals surface area contributed by atoms with Gasteiger partial charge in [-0.3, -0.25) is 14.4 Å². The lowest BCUT2D eigenvalue weighted by Gasteiger charge is -2.13. The molecule has 0 heterocycles. The highest BCUT2D eigenvalue weighted by molar-refractivity contribution is 6.04. The van der Waals surface area contributed by atoms with Crippen molar-refractivity contribution in [3.63, 3.8) is 0 Å². The normalized spacial score (nSPS) is 10.2. The van der Waals surface area contributed by atoms with Crippen molar-refractivity contribution in [1.29, 1.82) is 0 Å². The molecule has 0 unspecified atom stereocenters. The van der Waals surface area contributed by atoms with Gasteiger partial charge in [0, 0.05) is 6.54 Å². The first-order valence-electron chi connectivity index (χ1n) is 9.77. The van der Waals surface area contributed by atoms with E-state index in [4.69, 9.17) is 10.5 Å². The smallest absolute Gasteiger partial charge is 0.262 e. The highest BCUT2D eigenvalue weighted by Gasteiger charge is 2.14. The number of hydrogen-bond acceptors (Lipinski definition) is 4. The van der Waals surface area contributed by atoms with Gasteiger partial charge < -0.3 is 21.1 Å². The molecule has 0 spiro atoms. The molecule has 0 aliphatic heterocycles. The largest absolute Gasteiger partial charge is 0.483 e. The molecule has 0 aliphatic carbocycles. The van der Waals surface area contributed by atoms with Crippen LogP contribution in [0.2, 0.25) is 0 Å². The molecular weight excluding hydrogens is 394 g/mol. The van der Waals surface area contributed by atoms with E-state index in [0.29, 0.717) is 24.2 Å². The minimum Gasteiger partial charge on any atom is -0.483 e. The molecule has 0 fully saturated rings. The number of benzene rings is 3. The van der Waals surface area contributed by atoms with Crippen LogP contribution >= 0.6 is 0 Å². The van der Waals surface area contributed by atoms with E-state index in [2.05, 4.69) is 10.6 Å². The molecule has 0 radical (unpaired) electrons. The number of para-hydroxylation sites is 2. The summed E-state index contributed by atoms with van der Waals surface area (Å²) in [4.78, 5) is 36.4. The van der Waals surface area contributed by atoms with Crippen LogP contribution in [0.1, 0.15) is 26.3 Å². The number of amides is 3. The summed E-state index contributed by atoms with van der Waals surface area (Å²) in [5, 5.41) is 5.54. The molecule has 4 N–H and O–H groups in total. The van der Waals surface area contributed by atoms with Crippen molar-refractivity contribution in [1.82, 2.24) is 5.32 Å². The SMILES string of the molecule is NC(=O)c1ccccc1OCC(=O)Nc1ccccc1C(=O)NCCc1ccccc1. The van der Waals surface area contributed by atoms with Crippen LogP contribution in [-0.2, 0) is 11.2 Å². The van der Waals surface area contributed by atoms with Crippen molar-refractivity contribution in [2.24, 2.45) is 5.73 Å². The molecule has 3 aromatic rings. The lowest BCUT2D eigenvalue weighted by atomic mass is 10.1. The number of carbonyl (C=O) groups is 3. The first-order valence-corrected chi connectivity index (χ1v) is 9.77. The summed E-state index contributed by atoms with van der Waals surface area (Å²) >= 11 is 0. The Bertz CT molecular complexity index is 1070. The van der Waals surface area contributed by atoms with Crippen molar-refractivity contribution in [2.45, 2.75) is 6.42 Å². The summed E-state index contributed by atoms with van der Waals surface area (Å²) in [5.74, 6) is -1.18. The maximum absolute atomic E-state index is 12.6. The molecule has 7 heteroatoms. The third-order valence-corrected chi connectivity index (χ3v) is 4.50. The van der Waals surface area contributed by atoms with Gasteiger partial charge in [-0.05, 0) is 36.2 Å². The predicted molar refractivity (Wildman–Crippen MR) is 118 cm³/mol. The van der Waals surface area contributed by atoms with Gasteiger partial charge in [0.25, 0.3) is 17.7 Å².